The van der Waals surface area contributed by atoms with Crippen molar-refractivity contribution < 1.29 is 9.53 Å². The Labute approximate surface area is 220 Å². The van der Waals surface area contributed by atoms with Crippen LogP contribution in [0.25, 0.3) is 15.6 Å². The van der Waals surface area contributed by atoms with Crippen LogP contribution >= 0.6 is 0 Å². The molecule has 2 fully saturated rings. The lowest BCUT2D eigenvalue weighted by atomic mass is 10.0. The molecule has 7 heteroatoms. The number of fused-ring (bicyclic) bond motifs is 7. The van der Waals surface area contributed by atoms with Crippen LogP contribution in [0.3, 0.4) is 0 Å². The molecule has 38 heavy (non-hydrogen) atoms. The van der Waals surface area contributed by atoms with Crippen molar-refractivity contribution in [1.29, 1.82) is 0 Å². The summed E-state index contributed by atoms with van der Waals surface area (Å²) in [5.74, 6) is 8.42. The number of ether oxygens (including phenoxy) is 1. The maximum absolute atomic E-state index is 13.6. The summed E-state index contributed by atoms with van der Waals surface area (Å²) in [5, 5.41) is 5.38. The van der Waals surface area contributed by atoms with E-state index < -0.39 is 0 Å². The third-order valence-electron chi connectivity index (χ3n) is 7.50. The minimum atomic E-state index is -0.264. The zero-order chi connectivity index (χ0) is 25.6. The first-order valence-electron chi connectivity index (χ1n) is 13.0. The molecule has 1 saturated heterocycles. The van der Waals surface area contributed by atoms with Crippen molar-refractivity contribution in [2.75, 3.05) is 11.4 Å². The largest absolute Gasteiger partial charge is 0.468 e. The highest BCUT2D eigenvalue weighted by Crippen LogP contribution is 2.38. The van der Waals surface area contributed by atoms with Gasteiger partial charge in [0.15, 0.2) is 0 Å². The summed E-state index contributed by atoms with van der Waals surface area (Å²) in [4.78, 5) is 23.4. The van der Waals surface area contributed by atoms with Gasteiger partial charge in [-0.15, -0.1) is 0 Å². The minimum absolute atomic E-state index is 0.0631. The molecule has 1 aliphatic carbocycles. The van der Waals surface area contributed by atoms with Gasteiger partial charge in [0.05, 0.1) is 30.3 Å². The second kappa shape index (κ2) is 9.06. The van der Waals surface area contributed by atoms with E-state index in [0.717, 1.165) is 39.7 Å². The van der Waals surface area contributed by atoms with E-state index in [4.69, 9.17) is 11.3 Å². The lowest BCUT2D eigenvalue weighted by molar-refractivity contribution is -0.118. The normalized spacial score (nSPS) is 18.4. The second-order valence-corrected chi connectivity index (χ2v) is 10.1. The third-order valence-corrected chi connectivity index (χ3v) is 7.50. The lowest BCUT2D eigenvalue weighted by Crippen LogP contribution is -2.38. The fourth-order valence-electron chi connectivity index (χ4n) is 5.26. The Morgan fingerprint density at radius 3 is 2.87 bits per heavy atom. The van der Waals surface area contributed by atoms with Crippen LogP contribution in [-0.4, -0.2) is 28.0 Å². The highest BCUT2D eigenvalue weighted by molar-refractivity contribution is 6.08. The number of aromatic nitrogens is 2. The predicted octanol–water partition coefficient (Wildman–Crippen LogP) is 5.40. The Hall–Kier alpha value is -4.59. The number of hydrogen-bond acceptors (Lipinski definition) is 4. The van der Waals surface area contributed by atoms with Gasteiger partial charge in [0.2, 0.25) is 11.6 Å². The zero-order valence-corrected chi connectivity index (χ0v) is 20.8. The molecule has 3 heterocycles. The Kier molecular flexibility index (Phi) is 5.39. The van der Waals surface area contributed by atoms with Crippen LogP contribution in [0.2, 0.25) is 0 Å². The van der Waals surface area contributed by atoms with E-state index in [0.29, 0.717) is 42.7 Å². The van der Waals surface area contributed by atoms with E-state index in [1.54, 1.807) is 12.4 Å². The summed E-state index contributed by atoms with van der Waals surface area (Å²) in [7, 11) is 0. The van der Waals surface area contributed by atoms with Crippen molar-refractivity contribution in [2.24, 2.45) is 5.92 Å². The number of amides is 1. The first-order valence-corrected chi connectivity index (χ1v) is 13.0. The van der Waals surface area contributed by atoms with Gasteiger partial charge in [-0.05, 0) is 66.6 Å². The van der Waals surface area contributed by atoms with E-state index in [2.05, 4.69) is 31.6 Å². The van der Waals surface area contributed by atoms with Gasteiger partial charge >= 0.3 is 0 Å². The number of nitrogens with zero attached hydrogens (tertiary/aromatic N) is 4. The van der Waals surface area contributed by atoms with Gasteiger partial charge in [-0.3, -0.25) is 4.79 Å². The van der Waals surface area contributed by atoms with Gasteiger partial charge in [-0.2, -0.15) is 0 Å². The Morgan fingerprint density at radius 2 is 2.00 bits per heavy atom. The zero-order valence-electron chi connectivity index (χ0n) is 20.8. The molecule has 3 aliphatic rings. The minimum Gasteiger partial charge on any atom is -0.468 e. The number of hydrogen-bond donors (Lipinski definition) is 1. The summed E-state index contributed by atoms with van der Waals surface area (Å²) >= 11 is 0. The highest BCUT2D eigenvalue weighted by Gasteiger charge is 2.33. The summed E-state index contributed by atoms with van der Waals surface area (Å²) in [6.07, 6.45) is 6.68. The molecule has 1 atom stereocenters. The molecule has 0 unspecified atom stereocenters. The molecule has 1 saturated carbocycles. The topological polar surface area (TPSA) is 63.8 Å². The smallest absolute Gasteiger partial charge is 0.244 e. The maximum Gasteiger partial charge on any atom is 0.244 e. The van der Waals surface area contributed by atoms with Crippen LogP contribution in [0.15, 0.2) is 61.1 Å². The van der Waals surface area contributed by atoms with Gasteiger partial charge in [-0.25, -0.2) is 9.83 Å². The van der Waals surface area contributed by atoms with Crippen molar-refractivity contribution in [3.8, 4) is 23.3 Å². The molecule has 0 radical (unpaired) electrons. The highest BCUT2D eigenvalue weighted by atomic mass is 16.5. The van der Waals surface area contributed by atoms with Crippen LogP contribution in [0.5, 0.6) is 11.5 Å². The van der Waals surface area contributed by atoms with Crippen LogP contribution in [-0.2, 0) is 17.9 Å². The molecule has 3 aromatic carbocycles. The van der Waals surface area contributed by atoms with E-state index in [-0.39, 0.29) is 11.9 Å². The number of anilines is 1. The molecule has 1 N–H and O–H groups in total. The van der Waals surface area contributed by atoms with Crippen LogP contribution < -0.4 is 15.0 Å². The quantitative estimate of drug-likeness (QED) is 0.260. The van der Waals surface area contributed by atoms with Crippen molar-refractivity contribution in [2.45, 2.75) is 38.4 Å². The SMILES string of the molecule is [C-]#[N+]c1ccc2cc1Oc1ccc3c(C#CC4CC4)ccc(c3c1)N1CC[C@@H](NCc3cncn3C2)C1=O. The summed E-state index contributed by atoms with van der Waals surface area (Å²) in [6.45, 7) is 9.41. The lowest BCUT2D eigenvalue weighted by Gasteiger charge is -2.21. The summed E-state index contributed by atoms with van der Waals surface area (Å²) in [6, 6.07) is 15.4. The number of rotatable bonds is 0. The summed E-state index contributed by atoms with van der Waals surface area (Å²) < 4.78 is 8.39. The van der Waals surface area contributed by atoms with Gasteiger partial charge < -0.3 is 19.5 Å². The van der Waals surface area contributed by atoms with E-state index in [1.165, 1.54) is 12.8 Å². The Bertz CT molecular complexity index is 1700. The predicted molar refractivity (Wildman–Crippen MR) is 145 cm³/mol. The van der Waals surface area contributed by atoms with Gasteiger partial charge in [0.25, 0.3) is 0 Å². The van der Waals surface area contributed by atoms with Crippen molar-refractivity contribution in [3.05, 3.63) is 89.3 Å². The first kappa shape index (κ1) is 22.6. The molecule has 1 amide bonds. The molecule has 0 spiro atoms. The molecular formula is C31H25N5O2. The van der Waals surface area contributed by atoms with Crippen molar-refractivity contribution in [3.63, 3.8) is 0 Å². The Morgan fingerprint density at radius 1 is 1.08 bits per heavy atom. The van der Waals surface area contributed by atoms with E-state index >= 15 is 0 Å². The molecule has 7 rings (SSSR count). The average molecular weight is 500 g/mol. The van der Waals surface area contributed by atoms with Crippen LogP contribution in [0, 0.1) is 24.3 Å². The molecular weight excluding hydrogens is 474 g/mol. The number of carbonyl (C=O) groups excluding carboxylic acids is 1. The molecule has 7 nitrogen and oxygen atoms in total. The molecule has 4 aromatic rings. The van der Waals surface area contributed by atoms with E-state index in [9.17, 15) is 4.79 Å². The molecule has 186 valence electrons. The first-order chi connectivity index (χ1) is 18.7. The Balaban J connectivity index is 1.39. The second-order valence-electron chi connectivity index (χ2n) is 10.1. The van der Waals surface area contributed by atoms with Gasteiger partial charge in [0.1, 0.15) is 11.5 Å². The van der Waals surface area contributed by atoms with Crippen LogP contribution in [0.4, 0.5) is 11.4 Å². The number of imidazole rings is 1. The fraction of sp³-hybridized carbons (Fsp3) is 0.258. The average Bonchev–Trinajstić information content (AvgIpc) is 3.55. The van der Waals surface area contributed by atoms with E-state index in [1.807, 2.05) is 53.6 Å². The number of nitrogens with one attached hydrogen (secondary N) is 1. The monoisotopic (exact) mass is 499 g/mol. The van der Waals surface area contributed by atoms with Crippen molar-refractivity contribution in [1.82, 2.24) is 14.9 Å². The van der Waals surface area contributed by atoms with Crippen LogP contribution in [0.1, 0.15) is 36.1 Å². The standard InChI is InChI=1S/C31H25N5O2/c1-32-27-10-5-21-14-30(27)38-24-8-9-25-22(6-4-20-2-3-20)7-11-29(26(25)15-24)36-13-12-28(31(36)37)34-17-23-16-33-19-35(23)18-21/h5,7-11,14-16,19-20,28,34H,2-3,12-13,17-18H2/t28-/m1/s1. The molecule has 6 bridgehead atoms. The fourth-order valence-corrected chi connectivity index (χ4v) is 5.26. The summed E-state index contributed by atoms with van der Waals surface area (Å²) in [5.41, 5.74) is 4.25. The van der Waals surface area contributed by atoms with Crippen molar-refractivity contribution >= 4 is 28.1 Å². The maximum atomic E-state index is 13.6. The molecule has 1 aromatic heterocycles. The third kappa shape index (κ3) is 4.08. The van der Waals surface area contributed by atoms with Gasteiger partial charge in [0, 0.05) is 42.7 Å². The number of carbonyl (C=O) groups is 1. The number of benzene rings is 3. The van der Waals surface area contributed by atoms with Gasteiger partial charge in [-0.1, -0.05) is 24.0 Å². The molecule has 2 aliphatic heterocycles.